The summed E-state index contributed by atoms with van der Waals surface area (Å²) in [5, 5.41) is 5.51. The molecule has 4 rings (SSSR count). The number of aliphatic imine (C=N–C) groups is 1. The molecule has 3 aromatic carbocycles. The van der Waals surface area contributed by atoms with Gasteiger partial charge in [-0.15, -0.1) is 0 Å². The Balaban J connectivity index is 1.50. The van der Waals surface area contributed by atoms with Gasteiger partial charge in [0.05, 0.1) is 5.69 Å². The summed E-state index contributed by atoms with van der Waals surface area (Å²) in [7, 11) is 0. The molecule has 7 nitrogen and oxygen atoms in total. The highest BCUT2D eigenvalue weighted by Crippen LogP contribution is 2.29. The van der Waals surface area contributed by atoms with Gasteiger partial charge in [0.25, 0.3) is 0 Å². The molecule has 33 heavy (non-hydrogen) atoms. The smallest absolute Gasteiger partial charge is 0.323 e. The van der Waals surface area contributed by atoms with E-state index in [9.17, 15) is 9.59 Å². The molecule has 0 unspecified atom stereocenters. The number of rotatable bonds is 4. The Morgan fingerprint density at radius 3 is 2.30 bits per heavy atom. The van der Waals surface area contributed by atoms with Gasteiger partial charge in [-0.05, 0) is 65.9 Å². The number of anilines is 2. The third kappa shape index (κ3) is 5.00. The van der Waals surface area contributed by atoms with Gasteiger partial charge in [-0.1, -0.05) is 39.0 Å². The van der Waals surface area contributed by atoms with E-state index >= 15 is 0 Å². The number of oxazole rings is 1. The topological polar surface area (TPSA) is 96.6 Å². The van der Waals surface area contributed by atoms with E-state index in [0.29, 0.717) is 34.1 Å². The Hall–Kier alpha value is -4.22. The van der Waals surface area contributed by atoms with Crippen molar-refractivity contribution in [3.8, 4) is 11.5 Å². The van der Waals surface area contributed by atoms with Crippen LogP contribution >= 0.6 is 0 Å². The number of fused-ring (bicyclic) bond motifs is 1. The molecule has 0 fully saturated rings. The number of amides is 2. The number of nitrogens with zero attached hydrogens (tertiary/aromatic N) is 2. The van der Waals surface area contributed by atoms with Crippen molar-refractivity contribution in [2.75, 3.05) is 10.6 Å². The van der Waals surface area contributed by atoms with Gasteiger partial charge in [0, 0.05) is 16.9 Å². The van der Waals surface area contributed by atoms with Crippen LogP contribution in [0.5, 0.6) is 0 Å². The number of carbonyl (C=O) groups is 1. The summed E-state index contributed by atoms with van der Waals surface area (Å²) in [6.07, 6.45) is 1.52. The van der Waals surface area contributed by atoms with Crippen molar-refractivity contribution in [1.29, 1.82) is 0 Å². The van der Waals surface area contributed by atoms with Crippen molar-refractivity contribution < 1.29 is 14.0 Å². The van der Waals surface area contributed by atoms with Gasteiger partial charge in [0.1, 0.15) is 5.52 Å². The lowest BCUT2D eigenvalue weighted by Gasteiger charge is -2.18. The number of aryl methyl sites for hydroxylation is 1. The highest BCUT2D eigenvalue weighted by Gasteiger charge is 2.15. The predicted octanol–water partition coefficient (Wildman–Crippen LogP) is 6.71. The molecule has 7 heteroatoms. The lowest BCUT2D eigenvalue weighted by atomic mass is 9.87. The van der Waals surface area contributed by atoms with E-state index < -0.39 is 6.03 Å². The summed E-state index contributed by atoms with van der Waals surface area (Å²) in [5.41, 5.74) is 5.81. The summed E-state index contributed by atoms with van der Waals surface area (Å²) in [6.45, 7) is 8.33. The summed E-state index contributed by atoms with van der Waals surface area (Å²) in [5.74, 6) is 0.523. The monoisotopic (exact) mass is 440 g/mol. The fraction of sp³-hybridized carbons (Fsp3) is 0.192. The number of hydrogen-bond acceptors (Lipinski definition) is 5. The van der Waals surface area contributed by atoms with Crippen LogP contribution in [-0.4, -0.2) is 17.1 Å². The van der Waals surface area contributed by atoms with E-state index in [2.05, 4.69) is 53.5 Å². The first-order valence-electron chi connectivity index (χ1n) is 10.5. The highest BCUT2D eigenvalue weighted by atomic mass is 16.3. The van der Waals surface area contributed by atoms with Crippen LogP contribution in [0.2, 0.25) is 0 Å². The lowest BCUT2D eigenvalue weighted by Crippen LogP contribution is -2.19. The molecule has 166 valence electrons. The van der Waals surface area contributed by atoms with Gasteiger partial charge in [0.2, 0.25) is 12.0 Å². The molecule has 0 aliphatic rings. The second-order valence-corrected chi connectivity index (χ2v) is 8.81. The van der Waals surface area contributed by atoms with Crippen molar-refractivity contribution >= 4 is 40.3 Å². The van der Waals surface area contributed by atoms with E-state index in [1.165, 1.54) is 11.6 Å². The Morgan fingerprint density at radius 1 is 0.970 bits per heavy atom. The van der Waals surface area contributed by atoms with Crippen molar-refractivity contribution in [2.24, 2.45) is 4.99 Å². The minimum absolute atomic E-state index is 0.0722. The number of carbonyl (C=O) groups excluding carboxylic acids is 2. The molecule has 1 aromatic heterocycles. The van der Waals surface area contributed by atoms with E-state index in [1.807, 2.05) is 19.1 Å². The molecular formula is C26H24N4O3. The molecular weight excluding hydrogens is 416 g/mol. The van der Waals surface area contributed by atoms with Crippen LogP contribution in [0.25, 0.3) is 22.6 Å². The molecule has 2 amide bonds. The first-order chi connectivity index (χ1) is 15.7. The molecule has 0 atom stereocenters. The molecule has 2 N–H and O–H groups in total. The maximum Gasteiger partial charge on any atom is 0.323 e. The Bertz CT molecular complexity index is 1380. The van der Waals surface area contributed by atoms with Gasteiger partial charge in [0.15, 0.2) is 5.58 Å². The highest BCUT2D eigenvalue weighted by molar-refractivity contribution is 6.01. The Labute approximate surface area is 191 Å². The average molecular weight is 441 g/mol. The zero-order chi connectivity index (χ0) is 23.6. The first kappa shape index (κ1) is 22.0. The standard InChI is InChI=1S/C26H24N4O3/c1-16-5-10-19(13-21(16)27-15-31)28-25(32)29-20-11-12-23-22(14-20)30-24(33-23)17-6-8-18(9-7-17)26(2,3)4/h5-14H,1-4H3,(H2,28,29,32). The second-order valence-electron chi connectivity index (χ2n) is 8.81. The van der Waals surface area contributed by atoms with Crippen LogP contribution in [0.1, 0.15) is 31.9 Å². The van der Waals surface area contributed by atoms with Gasteiger partial charge in [-0.3, -0.25) is 0 Å². The fourth-order valence-corrected chi connectivity index (χ4v) is 3.39. The van der Waals surface area contributed by atoms with Crippen LogP contribution in [0, 0.1) is 6.92 Å². The summed E-state index contributed by atoms with van der Waals surface area (Å²) in [6, 6.07) is 18.1. The van der Waals surface area contributed by atoms with Crippen molar-refractivity contribution in [3.05, 3.63) is 71.8 Å². The maximum absolute atomic E-state index is 12.4. The molecule has 0 aliphatic heterocycles. The predicted molar refractivity (Wildman–Crippen MR) is 130 cm³/mol. The zero-order valence-corrected chi connectivity index (χ0v) is 18.9. The summed E-state index contributed by atoms with van der Waals surface area (Å²) < 4.78 is 5.90. The number of nitrogens with one attached hydrogen (secondary N) is 2. The fourth-order valence-electron chi connectivity index (χ4n) is 3.39. The third-order valence-electron chi connectivity index (χ3n) is 5.28. The summed E-state index contributed by atoms with van der Waals surface area (Å²) >= 11 is 0. The minimum atomic E-state index is -0.430. The Morgan fingerprint density at radius 2 is 1.64 bits per heavy atom. The minimum Gasteiger partial charge on any atom is -0.436 e. The number of urea groups is 1. The first-order valence-corrected chi connectivity index (χ1v) is 10.5. The zero-order valence-electron chi connectivity index (χ0n) is 18.9. The van der Waals surface area contributed by atoms with E-state index in [0.717, 1.165) is 11.1 Å². The van der Waals surface area contributed by atoms with Crippen molar-refractivity contribution in [2.45, 2.75) is 33.1 Å². The Kier molecular flexibility index (Phi) is 5.82. The normalized spacial score (nSPS) is 11.2. The van der Waals surface area contributed by atoms with E-state index in [1.54, 1.807) is 36.4 Å². The molecule has 1 heterocycles. The van der Waals surface area contributed by atoms with Gasteiger partial charge in [-0.25, -0.2) is 14.6 Å². The quantitative estimate of drug-likeness (QED) is 0.272. The molecule has 0 radical (unpaired) electrons. The van der Waals surface area contributed by atoms with Crippen molar-refractivity contribution in [1.82, 2.24) is 4.98 Å². The molecule has 0 bridgehead atoms. The number of hydrogen-bond donors (Lipinski definition) is 2. The third-order valence-corrected chi connectivity index (χ3v) is 5.28. The van der Waals surface area contributed by atoms with Crippen molar-refractivity contribution in [3.63, 3.8) is 0 Å². The molecule has 0 saturated carbocycles. The average Bonchev–Trinajstić information content (AvgIpc) is 3.19. The summed E-state index contributed by atoms with van der Waals surface area (Å²) in [4.78, 5) is 31.2. The maximum atomic E-state index is 12.4. The molecule has 0 aliphatic carbocycles. The molecule has 0 saturated heterocycles. The van der Waals surface area contributed by atoms with Crippen LogP contribution in [0.3, 0.4) is 0 Å². The largest absolute Gasteiger partial charge is 0.436 e. The van der Waals surface area contributed by atoms with Gasteiger partial charge in [-0.2, -0.15) is 4.99 Å². The lowest BCUT2D eigenvalue weighted by molar-refractivity contribution is 0.262. The van der Waals surface area contributed by atoms with Gasteiger partial charge >= 0.3 is 6.03 Å². The van der Waals surface area contributed by atoms with Gasteiger partial charge < -0.3 is 15.1 Å². The van der Waals surface area contributed by atoms with E-state index in [-0.39, 0.29) is 5.41 Å². The van der Waals surface area contributed by atoms with Crippen LogP contribution < -0.4 is 10.6 Å². The SMILES string of the molecule is Cc1ccc(NC(=O)Nc2ccc3oc(-c4ccc(C(C)(C)C)cc4)nc3c2)cc1N=C=O. The molecule has 0 spiro atoms. The van der Waals surface area contributed by atoms with Crippen LogP contribution in [0.15, 0.2) is 70.1 Å². The van der Waals surface area contributed by atoms with Crippen LogP contribution in [0.4, 0.5) is 21.9 Å². The number of benzene rings is 3. The number of isocyanates is 1. The van der Waals surface area contributed by atoms with Crippen LogP contribution in [-0.2, 0) is 10.2 Å². The molecule has 4 aromatic rings. The van der Waals surface area contributed by atoms with E-state index in [4.69, 9.17) is 4.42 Å². The number of aromatic nitrogens is 1. The second kappa shape index (κ2) is 8.73.